The molecule has 0 aromatic heterocycles. The molecule has 0 aromatic carbocycles. The van der Waals surface area contributed by atoms with Crippen molar-refractivity contribution in [2.75, 3.05) is 6.54 Å². The first kappa shape index (κ1) is 15.5. The topological polar surface area (TPSA) is 81.4 Å². The van der Waals surface area contributed by atoms with Crippen LogP contribution in [0, 0.1) is 0 Å². The van der Waals surface area contributed by atoms with Gasteiger partial charge in [-0.05, 0) is 0 Å². The number of esters is 1. The summed E-state index contributed by atoms with van der Waals surface area (Å²) in [5.74, 6) is -4.12. The van der Waals surface area contributed by atoms with Gasteiger partial charge in [-0.2, -0.15) is 26.3 Å². The number of alkyl halides is 6. The van der Waals surface area contributed by atoms with Gasteiger partial charge in [0.05, 0.1) is 0 Å². The van der Waals surface area contributed by atoms with E-state index in [0.717, 1.165) is 5.32 Å². The van der Waals surface area contributed by atoms with E-state index in [0.29, 0.717) is 0 Å². The summed E-state index contributed by atoms with van der Waals surface area (Å²) in [5.41, 5.74) is 4.30. The number of ether oxygens (including phenoxy) is 1. The molecule has 0 aromatic rings. The fraction of sp³-hybridized carbons (Fsp3) is 0.667. The van der Waals surface area contributed by atoms with Gasteiger partial charge in [0.1, 0.15) is 6.54 Å². The van der Waals surface area contributed by atoms with Gasteiger partial charge >= 0.3 is 24.2 Å². The lowest BCUT2D eigenvalue weighted by molar-refractivity contribution is -0.219. The minimum atomic E-state index is -5.11. The Balaban J connectivity index is 4.21. The number of carbonyl (C=O) groups is 2. The van der Waals surface area contributed by atoms with Crippen molar-refractivity contribution in [3.63, 3.8) is 0 Å². The highest BCUT2D eigenvalue weighted by molar-refractivity contribution is 6.32. The van der Waals surface area contributed by atoms with Crippen LogP contribution in [0.2, 0.25) is 0 Å². The van der Waals surface area contributed by atoms with E-state index in [4.69, 9.17) is 0 Å². The second-order valence-electron chi connectivity index (χ2n) is 2.67. The van der Waals surface area contributed by atoms with Crippen molar-refractivity contribution >= 4 is 11.9 Å². The van der Waals surface area contributed by atoms with Gasteiger partial charge in [-0.25, -0.2) is 4.79 Å². The highest BCUT2D eigenvalue weighted by Gasteiger charge is 2.41. The number of carbonyl (C=O) groups excluding carboxylic acids is 2. The predicted octanol–water partition coefficient (Wildman–Crippen LogP) is 0.0552. The van der Waals surface area contributed by atoms with E-state index in [2.05, 4.69) is 10.5 Å². The van der Waals surface area contributed by atoms with Crippen LogP contribution >= 0.6 is 0 Å². The maximum atomic E-state index is 11.7. The van der Waals surface area contributed by atoms with Gasteiger partial charge < -0.3 is 10.1 Å². The van der Waals surface area contributed by atoms with Crippen molar-refractivity contribution in [1.82, 2.24) is 5.32 Å². The molecule has 0 radical (unpaired) electrons. The fourth-order valence-electron chi connectivity index (χ4n) is 0.488. The summed E-state index contributed by atoms with van der Waals surface area (Å²) in [4.78, 5) is 21.1. The Morgan fingerprint density at radius 3 is 2.00 bits per heavy atom. The molecule has 3 N–H and O–H groups in total. The van der Waals surface area contributed by atoms with Crippen LogP contribution in [0.5, 0.6) is 0 Å². The van der Waals surface area contributed by atoms with Crippen LogP contribution in [-0.4, -0.2) is 37.0 Å². The highest BCUT2D eigenvalue weighted by atomic mass is 19.4. The third-order valence-electron chi connectivity index (χ3n) is 1.19. The Labute approximate surface area is 89.9 Å². The lowest BCUT2D eigenvalue weighted by Crippen LogP contribution is -2.46. The maximum absolute atomic E-state index is 11.7. The van der Waals surface area contributed by atoms with Gasteiger partial charge in [0.15, 0.2) is 0 Å². The number of nitrogens with one attached hydrogen (secondary N) is 1. The first-order valence-electron chi connectivity index (χ1n) is 3.81. The second kappa shape index (κ2) is 5.21. The van der Waals surface area contributed by atoms with E-state index in [1.54, 1.807) is 0 Å². The van der Waals surface area contributed by atoms with Crippen molar-refractivity contribution < 1.29 is 40.7 Å². The summed E-state index contributed by atoms with van der Waals surface area (Å²) in [6.45, 7) is -1.87. The van der Waals surface area contributed by atoms with Crippen LogP contribution in [0.15, 0.2) is 0 Å². The van der Waals surface area contributed by atoms with Gasteiger partial charge in [0.25, 0.3) is 0 Å². The molecule has 1 atom stereocenters. The van der Waals surface area contributed by atoms with E-state index in [1.807, 2.05) is 0 Å². The van der Waals surface area contributed by atoms with Crippen LogP contribution in [0.3, 0.4) is 0 Å². The quantitative estimate of drug-likeness (QED) is 0.321. The summed E-state index contributed by atoms with van der Waals surface area (Å²) < 4.78 is 73.3. The van der Waals surface area contributed by atoms with E-state index in [1.165, 1.54) is 0 Å². The SMILES string of the molecule is NC(OC(=O)C(=O)NCC(F)(F)F)C(F)(F)F. The summed E-state index contributed by atoms with van der Waals surface area (Å²) >= 11 is 0. The van der Waals surface area contributed by atoms with E-state index in [9.17, 15) is 35.9 Å². The molecule has 0 rings (SSSR count). The van der Waals surface area contributed by atoms with Crippen molar-refractivity contribution in [2.24, 2.45) is 5.73 Å². The van der Waals surface area contributed by atoms with E-state index in [-0.39, 0.29) is 0 Å². The molecule has 0 fully saturated rings. The Bertz CT molecular complexity index is 299. The van der Waals surface area contributed by atoms with Gasteiger partial charge in [-0.1, -0.05) is 0 Å². The number of amides is 1. The lowest BCUT2D eigenvalue weighted by Gasteiger charge is -2.15. The third-order valence-corrected chi connectivity index (χ3v) is 1.19. The number of rotatable bonds is 2. The molecule has 5 nitrogen and oxygen atoms in total. The van der Waals surface area contributed by atoms with Crippen LogP contribution in [-0.2, 0) is 14.3 Å². The number of hydrogen-bond donors (Lipinski definition) is 2. The number of halogens is 6. The molecule has 0 aliphatic heterocycles. The summed E-state index contributed by atoms with van der Waals surface area (Å²) in [6, 6.07) is 0. The monoisotopic (exact) mass is 268 g/mol. The minimum absolute atomic E-state index is 1.02. The van der Waals surface area contributed by atoms with Gasteiger partial charge in [-0.3, -0.25) is 10.5 Å². The Morgan fingerprint density at radius 2 is 1.65 bits per heavy atom. The van der Waals surface area contributed by atoms with Crippen LogP contribution < -0.4 is 11.1 Å². The predicted molar refractivity (Wildman–Crippen MR) is 39.2 cm³/mol. The molecule has 100 valence electrons. The second-order valence-corrected chi connectivity index (χ2v) is 2.67. The smallest absolute Gasteiger partial charge is 0.430 e. The van der Waals surface area contributed by atoms with Gasteiger partial charge in [0.2, 0.25) is 6.23 Å². The third kappa shape index (κ3) is 6.60. The molecule has 0 aliphatic carbocycles. The Kier molecular flexibility index (Phi) is 4.74. The van der Waals surface area contributed by atoms with E-state index >= 15 is 0 Å². The maximum Gasteiger partial charge on any atom is 0.439 e. The minimum Gasteiger partial charge on any atom is -0.430 e. The van der Waals surface area contributed by atoms with Crippen molar-refractivity contribution in [3.8, 4) is 0 Å². The molecule has 0 saturated heterocycles. The normalized spacial score (nSPS) is 14.1. The molecule has 11 heteroatoms. The zero-order valence-electron chi connectivity index (χ0n) is 7.85. The van der Waals surface area contributed by atoms with Gasteiger partial charge in [0, 0.05) is 0 Å². The van der Waals surface area contributed by atoms with Crippen molar-refractivity contribution in [3.05, 3.63) is 0 Å². The number of nitrogens with two attached hydrogens (primary N) is 1. The summed E-state index contributed by atoms with van der Waals surface area (Å²) in [5, 5.41) is 1.02. The summed E-state index contributed by atoms with van der Waals surface area (Å²) in [6.07, 6.45) is -13.0. The molecule has 0 bridgehead atoms. The first-order valence-corrected chi connectivity index (χ1v) is 3.81. The molecule has 0 heterocycles. The van der Waals surface area contributed by atoms with Gasteiger partial charge in [-0.15, -0.1) is 0 Å². The van der Waals surface area contributed by atoms with Crippen LogP contribution in [0.25, 0.3) is 0 Å². The zero-order valence-corrected chi connectivity index (χ0v) is 7.85. The molecule has 1 amide bonds. The van der Waals surface area contributed by atoms with Crippen molar-refractivity contribution in [2.45, 2.75) is 18.6 Å². The molecule has 1 unspecified atom stereocenters. The molecule has 17 heavy (non-hydrogen) atoms. The Morgan fingerprint density at radius 1 is 1.18 bits per heavy atom. The largest absolute Gasteiger partial charge is 0.439 e. The molecule has 0 aliphatic rings. The average Bonchev–Trinajstić information content (AvgIpc) is 2.11. The zero-order chi connectivity index (χ0) is 13.9. The highest BCUT2D eigenvalue weighted by Crippen LogP contribution is 2.19. The van der Waals surface area contributed by atoms with E-state index < -0.39 is 37.0 Å². The average molecular weight is 268 g/mol. The van der Waals surface area contributed by atoms with Crippen molar-refractivity contribution in [1.29, 1.82) is 0 Å². The fourth-order valence-corrected chi connectivity index (χ4v) is 0.488. The molecular weight excluding hydrogens is 262 g/mol. The lowest BCUT2D eigenvalue weighted by atomic mass is 10.5. The standard InChI is InChI=1S/C6H6F6N2O3/c7-5(8,9)1-14-2(15)3(16)17-4(13)6(10,11)12/h4H,1,13H2,(H,14,15). The molecule has 0 saturated carbocycles. The summed E-state index contributed by atoms with van der Waals surface area (Å²) in [7, 11) is 0. The number of hydrogen-bond acceptors (Lipinski definition) is 4. The molecule has 0 spiro atoms. The Hall–Kier alpha value is -1.52. The van der Waals surface area contributed by atoms with Crippen LogP contribution in [0.4, 0.5) is 26.3 Å². The molecular formula is C6H6F6N2O3. The van der Waals surface area contributed by atoms with Crippen LogP contribution in [0.1, 0.15) is 0 Å². The first-order chi connectivity index (χ1) is 7.43.